The number of nitrogens with zero attached hydrogens (tertiary/aromatic N) is 2. The Bertz CT molecular complexity index is 946. The summed E-state index contributed by atoms with van der Waals surface area (Å²) in [6.45, 7) is 0.882. The van der Waals surface area contributed by atoms with Crippen molar-refractivity contribution in [2.24, 2.45) is 0 Å². The van der Waals surface area contributed by atoms with E-state index in [4.69, 9.17) is 9.47 Å². The van der Waals surface area contributed by atoms with E-state index >= 15 is 0 Å². The topological polar surface area (TPSA) is 51.7 Å². The molecule has 2 heterocycles. The van der Waals surface area contributed by atoms with Crippen LogP contribution in [0.4, 0.5) is 0 Å². The van der Waals surface area contributed by atoms with Crippen molar-refractivity contribution >= 4 is 29.0 Å². The van der Waals surface area contributed by atoms with Crippen molar-refractivity contribution in [1.29, 1.82) is 0 Å². The molecule has 0 aliphatic carbocycles. The van der Waals surface area contributed by atoms with E-state index in [2.05, 4.69) is 4.98 Å². The van der Waals surface area contributed by atoms with Crippen molar-refractivity contribution in [2.45, 2.75) is 16.8 Å². The monoisotopic (exact) mass is 412 g/mol. The third-order valence-corrected chi connectivity index (χ3v) is 6.11. The molecule has 0 spiro atoms. The first kappa shape index (κ1) is 18.8. The van der Waals surface area contributed by atoms with Gasteiger partial charge in [-0.15, -0.1) is 23.1 Å². The number of para-hydroxylation sites is 2. The van der Waals surface area contributed by atoms with Crippen molar-refractivity contribution in [3.05, 3.63) is 70.7 Å². The Morgan fingerprint density at radius 2 is 2.00 bits per heavy atom. The third-order valence-electron chi connectivity index (χ3n) is 4.37. The Kier molecular flexibility index (Phi) is 5.83. The fourth-order valence-corrected chi connectivity index (χ4v) is 4.59. The quantitative estimate of drug-likeness (QED) is 0.564. The highest BCUT2D eigenvalue weighted by Gasteiger charge is 2.25. The molecule has 0 radical (unpaired) electrons. The van der Waals surface area contributed by atoms with Crippen molar-refractivity contribution in [3.63, 3.8) is 0 Å². The van der Waals surface area contributed by atoms with Crippen LogP contribution in [0, 0.1) is 0 Å². The van der Waals surface area contributed by atoms with Gasteiger partial charge in [-0.1, -0.05) is 24.3 Å². The van der Waals surface area contributed by atoms with Gasteiger partial charge in [0.25, 0.3) is 5.91 Å². The zero-order valence-corrected chi connectivity index (χ0v) is 17.0. The number of fused-ring (bicyclic) bond motifs is 1. The number of thioether (sulfide) groups is 1. The molecular weight excluding hydrogens is 392 g/mol. The third kappa shape index (κ3) is 4.31. The first-order valence-corrected chi connectivity index (χ1v) is 10.9. The lowest BCUT2D eigenvalue weighted by atomic mass is 10.2. The summed E-state index contributed by atoms with van der Waals surface area (Å²) in [5, 5.41) is 2.03. The second kappa shape index (κ2) is 8.67. The molecule has 28 heavy (non-hydrogen) atoms. The lowest BCUT2D eigenvalue weighted by Gasteiger charge is -2.29. The fraction of sp³-hybridized carbons (Fsp3) is 0.238. The summed E-state index contributed by atoms with van der Waals surface area (Å²) in [5.41, 5.74) is 3.55. The molecule has 0 unspecified atom stereocenters. The van der Waals surface area contributed by atoms with Crippen LogP contribution in [-0.2, 0) is 5.75 Å². The second-order valence-electron chi connectivity index (χ2n) is 6.45. The Morgan fingerprint density at radius 3 is 2.82 bits per heavy atom. The number of rotatable bonds is 6. The van der Waals surface area contributed by atoms with Crippen molar-refractivity contribution in [3.8, 4) is 11.5 Å². The van der Waals surface area contributed by atoms with E-state index < -0.39 is 0 Å². The standard InChI is InChI=1S/C21H20N2O3S2/c1-23(10-16-11-25-18-7-3-4-8-19(18)26-16)21(24)17-6-2-5-9-20(17)28-13-15-12-27-14-22-15/h2-9,12,14,16H,10-11,13H2,1H3/t16-/m1/s1. The highest BCUT2D eigenvalue weighted by atomic mass is 32.2. The van der Waals surface area contributed by atoms with Crippen LogP contribution in [0.5, 0.6) is 11.5 Å². The van der Waals surface area contributed by atoms with Crippen molar-refractivity contribution in [1.82, 2.24) is 9.88 Å². The number of benzene rings is 2. The summed E-state index contributed by atoms with van der Waals surface area (Å²) in [4.78, 5) is 20.0. The minimum atomic E-state index is -0.196. The van der Waals surface area contributed by atoms with Crippen LogP contribution >= 0.6 is 23.1 Å². The zero-order chi connectivity index (χ0) is 19.3. The first-order valence-electron chi connectivity index (χ1n) is 8.93. The SMILES string of the molecule is CN(C[C@@H]1COc2ccccc2O1)C(=O)c1ccccc1SCc1cscn1. The summed E-state index contributed by atoms with van der Waals surface area (Å²) in [6.07, 6.45) is -0.196. The van der Waals surface area contributed by atoms with E-state index in [1.54, 1.807) is 35.0 Å². The molecular formula is C21H20N2O3S2. The maximum atomic E-state index is 13.0. The first-order chi connectivity index (χ1) is 13.7. The maximum absolute atomic E-state index is 13.0. The number of carbonyl (C=O) groups excluding carboxylic acids is 1. The van der Waals surface area contributed by atoms with E-state index in [0.717, 1.165) is 27.8 Å². The van der Waals surface area contributed by atoms with Gasteiger partial charge < -0.3 is 14.4 Å². The number of amides is 1. The van der Waals surface area contributed by atoms with E-state index in [1.165, 1.54) is 0 Å². The number of hydrogen-bond donors (Lipinski definition) is 0. The number of aromatic nitrogens is 1. The minimum absolute atomic E-state index is 0.0242. The zero-order valence-electron chi connectivity index (χ0n) is 15.4. The number of thiazole rings is 1. The van der Waals surface area contributed by atoms with E-state index in [1.807, 2.05) is 59.4 Å². The van der Waals surface area contributed by atoms with Gasteiger partial charge in [0.05, 0.1) is 23.3 Å². The number of likely N-dealkylation sites (N-methyl/N-ethyl adjacent to an activating group) is 1. The molecule has 1 atom stereocenters. The Balaban J connectivity index is 1.41. The largest absolute Gasteiger partial charge is 0.486 e. The van der Waals surface area contributed by atoms with Crippen LogP contribution < -0.4 is 9.47 Å². The van der Waals surface area contributed by atoms with E-state index in [-0.39, 0.29) is 12.0 Å². The summed E-state index contributed by atoms with van der Waals surface area (Å²) in [6, 6.07) is 15.3. The van der Waals surface area contributed by atoms with Crippen LogP contribution in [0.1, 0.15) is 16.1 Å². The maximum Gasteiger partial charge on any atom is 0.254 e. The summed E-state index contributed by atoms with van der Waals surface area (Å²) in [5.74, 6) is 2.19. The Morgan fingerprint density at radius 1 is 1.21 bits per heavy atom. The summed E-state index contributed by atoms with van der Waals surface area (Å²) < 4.78 is 11.7. The highest BCUT2D eigenvalue weighted by Crippen LogP contribution is 2.31. The van der Waals surface area contributed by atoms with Crippen LogP contribution in [0.3, 0.4) is 0 Å². The molecule has 1 amide bonds. The molecule has 7 heteroatoms. The second-order valence-corrected chi connectivity index (χ2v) is 8.18. The average Bonchev–Trinajstić information content (AvgIpc) is 3.25. The lowest BCUT2D eigenvalue weighted by molar-refractivity contribution is 0.0519. The van der Waals surface area contributed by atoms with Gasteiger partial charge in [-0.25, -0.2) is 4.98 Å². The normalized spacial score (nSPS) is 15.2. The fourth-order valence-electron chi connectivity index (χ4n) is 2.98. The smallest absolute Gasteiger partial charge is 0.254 e. The molecule has 5 nitrogen and oxygen atoms in total. The lowest BCUT2D eigenvalue weighted by Crippen LogP contribution is -2.41. The average molecular weight is 413 g/mol. The van der Waals surface area contributed by atoms with E-state index in [0.29, 0.717) is 18.7 Å². The molecule has 0 saturated carbocycles. The number of carbonyl (C=O) groups is 1. The molecule has 144 valence electrons. The molecule has 0 saturated heterocycles. The molecule has 0 bridgehead atoms. The van der Waals surface area contributed by atoms with Gasteiger partial charge in [0.15, 0.2) is 17.6 Å². The molecule has 0 fully saturated rings. The number of ether oxygens (including phenoxy) is 2. The van der Waals surface area contributed by atoms with Gasteiger partial charge in [0.2, 0.25) is 0 Å². The molecule has 4 rings (SSSR count). The van der Waals surface area contributed by atoms with Gasteiger partial charge in [0, 0.05) is 23.1 Å². The van der Waals surface area contributed by atoms with E-state index in [9.17, 15) is 4.79 Å². The molecule has 1 aliphatic heterocycles. The van der Waals surface area contributed by atoms with Gasteiger partial charge in [0.1, 0.15) is 6.61 Å². The van der Waals surface area contributed by atoms with Crippen LogP contribution in [-0.4, -0.2) is 42.1 Å². The van der Waals surface area contributed by atoms with Crippen LogP contribution in [0.2, 0.25) is 0 Å². The van der Waals surface area contributed by atoms with Crippen molar-refractivity contribution < 1.29 is 14.3 Å². The van der Waals surface area contributed by atoms with Crippen LogP contribution in [0.15, 0.2) is 64.3 Å². The molecule has 3 aromatic rings. The molecule has 2 aromatic carbocycles. The van der Waals surface area contributed by atoms with Gasteiger partial charge in [-0.3, -0.25) is 4.79 Å². The molecule has 0 N–H and O–H groups in total. The molecule has 1 aliphatic rings. The highest BCUT2D eigenvalue weighted by molar-refractivity contribution is 7.98. The van der Waals surface area contributed by atoms with Crippen molar-refractivity contribution in [2.75, 3.05) is 20.2 Å². The van der Waals surface area contributed by atoms with Gasteiger partial charge in [-0.05, 0) is 24.3 Å². The van der Waals surface area contributed by atoms with Gasteiger partial charge in [-0.2, -0.15) is 0 Å². The van der Waals surface area contributed by atoms with Gasteiger partial charge >= 0.3 is 0 Å². The predicted molar refractivity (Wildman–Crippen MR) is 111 cm³/mol. The summed E-state index contributed by atoms with van der Waals surface area (Å²) >= 11 is 3.21. The van der Waals surface area contributed by atoms with Crippen LogP contribution in [0.25, 0.3) is 0 Å². The predicted octanol–water partition coefficient (Wildman–Crippen LogP) is 4.35. The number of hydrogen-bond acceptors (Lipinski definition) is 6. The minimum Gasteiger partial charge on any atom is -0.486 e. The molecule has 1 aromatic heterocycles. The Hall–Kier alpha value is -2.51. The summed E-state index contributed by atoms with van der Waals surface area (Å²) in [7, 11) is 1.80. The Labute approximate surface area is 172 Å².